The SMILES string of the molecule is Cn1ncc2c1CCCC2NC1c2ccccc2CC1O. The van der Waals surface area contributed by atoms with Crippen molar-refractivity contribution in [2.45, 2.75) is 43.9 Å². The van der Waals surface area contributed by atoms with Crippen LogP contribution < -0.4 is 5.32 Å². The van der Waals surface area contributed by atoms with Crippen LogP contribution in [0.2, 0.25) is 0 Å². The summed E-state index contributed by atoms with van der Waals surface area (Å²) < 4.78 is 1.99. The van der Waals surface area contributed by atoms with Gasteiger partial charge in [0.2, 0.25) is 0 Å². The third kappa shape index (κ3) is 2.10. The van der Waals surface area contributed by atoms with Gasteiger partial charge in [-0.25, -0.2) is 0 Å². The summed E-state index contributed by atoms with van der Waals surface area (Å²) in [5.41, 5.74) is 5.16. The summed E-state index contributed by atoms with van der Waals surface area (Å²) in [7, 11) is 2.01. The second kappa shape index (κ2) is 4.97. The Morgan fingerprint density at radius 1 is 1.29 bits per heavy atom. The van der Waals surface area contributed by atoms with Crippen LogP contribution >= 0.6 is 0 Å². The van der Waals surface area contributed by atoms with Crippen LogP contribution in [0.5, 0.6) is 0 Å². The molecule has 110 valence electrons. The average molecular weight is 283 g/mol. The predicted octanol–water partition coefficient (Wildman–Crippen LogP) is 2.05. The molecule has 0 saturated carbocycles. The second-order valence-electron chi connectivity index (χ2n) is 6.23. The molecule has 0 fully saturated rings. The third-order valence-corrected chi connectivity index (χ3v) is 4.96. The first kappa shape index (κ1) is 13.0. The van der Waals surface area contributed by atoms with Crippen molar-refractivity contribution in [3.63, 3.8) is 0 Å². The molecule has 4 heteroatoms. The highest BCUT2D eigenvalue weighted by molar-refractivity contribution is 5.37. The molecule has 0 saturated heterocycles. The molecule has 4 nitrogen and oxygen atoms in total. The Labute approximate surface area is 124 Å². The molecule has 2 N–H and O–H groups in total. The van der Waals surface area contributed by atoms with Gasteiger partial charge >= 0.3 is 0 Å². The van der Waals surface area contributed by atoms with Gasteiger partial charge in [-0.2, -0.15) is 5.10 Å². The van der Waals surface area contributed by atoms with Crippen molar-refractivity contribution < 1.29 is 5.11 Å². The highest BCUT2D eigenvalue weighted by Gasteiger charge is 2.34. The first-order valence-electron chi connectivity index (χ1n) is 7.76. The number of aliphatic hydroxyl groups is 1. The number of benzene rings is 1. The van der Waals surface area contributed by atoms with E-state index >= 15 is 0 Å². The first-order valence-corrected chi connectivity index (χ1v) is 7.76. The van der Waals surface area contributed by atoms with Gasteiger partial charge in [0, 0.05) is 30.8 Å². The molecule has 4 rings (SSSR count). The molecule has 21 heavy (non-hydrogen) atoms. The molecule has 0 aliphatic heterocycles. The van der Waals surface area contributed by atoms with Crippen LogP contribution in [0.4, 0.5) is 0 Å². The zero-order valence-corrected chi connectivity index (χ0v) is 12.3. The first-order chi connectivity index (χ1) is 10.2. The maximum Gasteiger partial charge on any atom is 0.0775 e. The number of aromatic nitrogens is 2. The number of nitrogens with zero attached hydrogens (tertiary/aromatic N) is 2. The summed E-state index contributed by atoms with van der Waals surface area (Å²) in [4.78, 5) is 0. The maximum absolute atomic E-state index is 10.4. The van der Waals surface area contributed by atoms with Gasteiger partial charge < -0.3 is 10.4 Å². The summed E-state index contributed by atoms with van der Waals surface area (Å²) in [5, 5.41) is 18.5. The van der Waals surface area contributed by atoms with Crippen LogP contribution in [0.3, 0.4) is 0 Å². The Hall–Kier alpha value is -1.65. The lowest BCUT2D eigenvalue weighted by molar-refractivity contribution is 0.132. The van der Waals surface area contributed by atoms with Crippen molar-refractivity contribution in [2.75, 3.05) is 0 Å². The number of rotatable bonds is 2. The van der Waals surface area contributed by atoms with Gasteiger partial charge in [0.05, 0.1) is 18.3 Å². The lowest BCUT2D eigenvalue weighted by Crippen LogP contribution is -2.33. The van der Waals surface area contributed by atoms with E-state index < -0.39 is 0 Å². The van der Waals surface area contributed by atoms with E-state index in [1.165, 1.54) is 28.8 Å². The van der Waals surface area contributed by atoms with E-state index in [1.54, 1.807) is 0 Å². The molecular weight excluding hydrogens is 262 g/mol. The highest BCUT2D eigenvalue weighted by Crippen LogP contribution is 2.36. The number of aryl methyl sites for hydroxylation is 1. The Morgan fingerprint density at radius 3 is 3.05 bits per heavy atom. The Morgan fingerprint density at radius 2 is 2.14 bits per heavy atom. The van der Waals surface area contributed by atoms with Gasteiger partial charge in [0.15, 0.2) is 0 Å². The van der Waals surface area contributed by atoms with Crippen molar-refractivity contribution in [1.29, 1.82) is 0 Å². The van der Waals surface area contributed by atoms with E-state index in [0.29, 0.717) is 6.04 Å². The molecule has 0 spiro atoms. The monoisotopic (exact) mass is 283 g/mol. The van der Waals surface area contributed by atoms with Crippen molar-refractivity contribution in [1.82, 2.24) is 15.1 Å². The fraction of sp³-hybridized carbons (Fsp3) is 0.471. The van der Waals surface area contributed by atoms with E-state index in [-0.39, 0.29) is 12.1 Å². The number of hydrogen-bond donors (Lipinski definition) is 2. The largest absolute Gasteiger partial charge is 0.391 e. The smallest absolute Gasteiger partial charge is 0.0775 e. The van der Waals surface area contributed by atoms with Gasteiger partial charge in [0.25, 0.3) is 0 Å². The number of hydrogen-bond acceptors (Lipinski definition) is 3. The zero-order chi connectivity index (χ0) is 14.4. The van der Waals surface area contributed by atoms with E-state index in [4.69, 9.17) is 0 Å². The Balaban J connectivity index is 1.63. The van der Waals surface area contributed by atoms with Crippen molar-refractivity contribution in [3.05, 3.63) is 52.8 Å². The van der Waals surface area contributed by atoms with Gasteiger partial charge in [-0.1, -0.05) is 24.3 Å². The van der Waals surface area contributed by atoms with Gasteiger partial charge in [-0.3, -0.25) is 4.68 Å². The van der Waals surface area contributed by atoms with E-state index in [0.717, 1.165) is 19.3 Å². The number of nitrogens with one attached hydrogen (secondary N) is 1. The van der Waals surface area contributed by atoms with E-state index in [2.05, 4.69) is 28.6 Å². The summed E-state index contributed by atoms with van der Waals surface area (Å²) in [6.45, 7) is 0. The number of fused-ring (bicyclic) bond motifs is 2. The minimum absolute atomic E-state index is 0.0392. The second-order valence-corrected chi connectivity index (χ2v) is 6.23. The fourth-order valence-electron chi connectivity index (χ4n) is 3.87. The third-order valence-electron chi connectivity index (χ3n) is 4.96. The fourth-order valence-corrected chi connectivity index (χ4v) is 3.87. The normalized spacial score (nSPS) is 27.4. The molecule has 0 amide bonds. The highest BCUT2D eigenvalue weighted by atomic mass is 16.3. The molecule has 2 aromatic rings. The van der Waals surface area contributed by atoms with Crippen LogP contribution in [-0.4, -0.2) is 21.0 Å². The van der Waals surface area contributed by atoms with Crippen molar-refractivity contribution >= 4 is 0 Å². The van der Waals surface area contributed by atoms with E-state index in [1.807, 2.05) is 24.0 Å². The minimum atomic E-state index is -0.329. The Kier molecular flexibility index (Phi) is 3.08. The van der Waals surface area contributed by atoms with E-state index in [9.17, 15) is 5.11 Å². The number of aliphatic hydroxyl groups excluding tert-OH is 1. The molecule has 2 aliphatic rings. The molecule has 0 radical (unpaired) electrons. The van der Waals surface area contributed by atoms with Gasteiger partial charge in [-0.05, 0) is 30.4 Å². The van der Waals surface area contributed by atoms with Crippen LogP contribution in [0.15, 0.2) is 30.5 Å². The molecule has 1 aromatic heterocycles. The molecule has 1 aromatic carbocycles. The van der Waals surface area contributed by atoms with Crippen LogP contribution in [0, 0.1) is 0 Å². The van der Waals surface area contributed by atoms with Crippen molar-refractivity contribution in [2.24, 2.45) is 7.05 Å². The lowest BCUT2D eigenvalue weighted by atomic mass is 9.91. The van der Waals surface area contributed by atoms with Gasteiger partial charge in [0.1, 0.15) is 0 Å². The van der Waals surface area contributed by atoms with Crippen molar-refractivity contribution in [3.8, 4) is 0 Å². The summed E-state index contributed by atoms with van der Waals surface area (Å²) in [6, 6.07) is 8.70. The lowest BCUT2D eigenvalue weighted by Gasteiger charge is -2.29. The minimum Gasteiger partial charge on any atom is -0.391 e. The molecule has 3 unspecified atom stereocenters. The average Bonchev–Trinajstić information content (AvgIpc) is 3.02. The molecule has 1 heterocycles. The van der Waals surface area contributed by atoms with Crippen LogP contribution in [0.1, 0.15) is 47.3 Å². The van der Waals surface area contributed by atoms with Crippen LogP contribution in [-0.2, 0) is 19.9 Å². The predicted molar refractivity (Wildman–Crippen MR) is 80.9 cm³/mol. The standard InChI is InChI=1S/C17H21N3O/c1-20-15-8-4-7-14(13(15)10-18-20)19-17-12-6-3-2-5-11(12)9-16(17)21/h2-3,5-6,10,14,16-17,19,21H,4,7-9H2,1H3. The topological polar surface area (TPSA) is 50.1 Å². The molecule has 3 atom stereocenters. The van der Waals surface area contributed by atoms with Crippen LogP contribution in [0.25, 0.3) is 0 Å². The summed E-state index contributed by atoms with van der Waals surface area (Å²) in [6.07, 6.45) is 5.80. The van der Waals surface area contributed by atoms with Gasteiger partial charge in [-0.15, -0.1) is 0 Å². The maximum atomic E-state index is 10.4. The molecule has 2 aliphatic carbocycles. The molecular formula is C17H21N3O. The Bertz CT molecular complexity index is 664. The molecule has 0 bridgehead atoms. The zero-order valence-electron chi connectivity index (χ0n) is 12.3. The summed E-state index contributed by atoms with van der Waals surface area (Å²) >= 11 is 0. The summed E-state index contributed by atoms with van der Waals surface area (Å²) in [5.74, 6) is 0. The quantitative estimate of drug-likeness (QED) is 0.887.